The normalized spacial score (nSPS) is 10.8. The second-order valence-corrected chi connectivity index (χ2v) is 4.36. The number of H-pyrrole nitrogens is 2. The minimum Gasteiger partial charge on any atom is -0.378 e. The number of nitrogens with one attached hydrogen (secondary N) is 2. The number of benzene rings is 1. The second-order valence-electron chi connectivity index (χ2n) is 4.36. The summed E-state index contributed by atoms with van der Waals surface area (Å²) >= 11 is 0. The van der Waals surface area contributed by atoms with Crippen LogP contribution >= 0.6 is 0 Å². The van der Waals surface area contributed by atoms with Crippen molar-refractivity contribution in [3.63, 3.8) is 0 Å². The van der Waals surface area contributed by atoms with E-state index in [1.165, 1.54) is 6.07 Å². The number of rotatable bonds is 3. The monoisotopic (exact) mass is 257 g/mol. The van der Waals surface area contributed by atoms with Crippen molar-refractivity contribution in [3.05, 3.63) is 62.4 Å². The Balaban J connectivity index is 2.22. The van der Waals surface area contributed by atoms with Gasteiger partial charge in [-0.3, -0.25) is 9.78 Å². The molecule has 0 aliphatic carbocycles. The highest BCUT2D eigenvalue weighted by Gasteiger charge is 1.95. The maximum atomic E-state index is 11.1. The summed E-state index contributed by atoms with van der Waals surface area (Å²) in [6, 6.07) is 9.28. The lowest BCUT2D eigenvalue weighted by Gasteiger charge is -2.11. The van der Waals surface area contributed by atoms with Gasteiger partial charge in [0.1, 0.15) is 0 Å². The standard InChI is InChI=1S/C14H15N3O2/c1-17(2)12-7-4-10(5-8-12)3-6-11-9-13(18)16-14(19)15-11/h3-9H,1-2H3,(H2,15,16,18,19). The number of nitrogens with zero attached hydrogens (tertiary/aromatic N) is 1. The van der Waals surface area contributed by atoms with Crippen LogP contribution in [0, 0.1) is 0 Å². The summed E-state index contributed by atoms with van der Waals surface area (Å²) in [5.41, 5.74) is 1.67. The van der Waals surface area contributed by atoms with Crippen molar-refractivity contribution in [2.45, 2.75) is 0 Å². The molecule has 1 aromatic carbocycles. The number of hydrogen-bond acceptors (Lipinski definition) is 3. The van der Waals surface area contributed by atoms with Crippen molar-refractivity contribution in [1.29, 1.82) is 0 Å². The van der Waals surface area contributed by atoms with Gasteiger partial charge in [-0.15, -0.1) is 0 Å². The molecule has 19 heavy (non-hydrogen) atoms. The van der Waals surface area contributed by atoms with Crippen LogP contribution in [0.25, 0.3) is 12.2 Å². The number of hydrogen-bond donors (Lipinski definition) is 2. The summed E-state index contributed by atoms with van der Waals surface area (Å²) in [4.78, 5) is 28.9. The Morgan fingerprint density at radius 1 is 1.00 bits per heavy atom. The van der Waals surface area contributed by atoms with E-state index in [9.17, 15) is 9.59 Å². The van der Waals surface area contributed by atoms with Crippen LogP contribution in [0.15, 0.2) is 39.9 Å². The third-order valence-electron chi connectivity index (χ3n) is 2.65. The van der Waals surface area contributed by atoms with Crippen LogP contribution in [-0.4, -0.2) is 24.1 Å². The maximum absolute atomic E-state index is 11.1. The minimum atomic E-state index is -0.505. The first kappa shape index (κ1) is 12.9. The smallest absolute Gasteiger partial charge is 0.326 e. The molecular formula is C14H15N3O2. The third-order valence-corrected chi connectivity index (χ3v) is 2.65. The van der Waals surface area contributed by atoms with Crippen LogP contribution in [0.2, 0.25) is 0 Å². The Kier molecular flexibility index (Phi) is 3.66. The number of aromatic nitrogens is 2. The van der Waals surface area contributed by atoms with E-state index < -0.39 is 11.2 Å². The molecule has 0 saturated heterocycles. The zero-order valence-electron chi connectivity index (χ0n) is 10.8. The van der Waals surface area contributed by atoms with Gasteiger partial charge in [0.15, 0.2) is 0 Å². The Morgan fingerprint density at radius 2 is 1.68 bits per heavy atom. The lowest BCUT2D eigenvalue weighted by atomic mass is 10.2. The molecule has 0 bridgehead atoms. The molecule has 1 aromatic heterocycles. The van der Waals surface area contributed by atoms with Crippen molar-refractivity contribution in [2.24, 2.45) is 0 Å². The van der Waals surface area contributed by atoms with E-state index in [1.807, 2.05) is 49.3 Å². The summed E-state index contributed by atoms with van der Waals surface area (Å²) in [6.07, 6.45) is 3.53. The molecule has 0 saturated carbocycles. The second kappa shape index (κ2) is 5.39. The molecule has 98 valence electrons. The quantitative estimate of drug-likeness (QED) is 0.870. The molecule has 0 atom stereocenters. The van der Waals surface area contributed by atoms with Crippen LogP contribution in [0.3, 0.4) is 0 Å². The molecule has 0 spiro atoms. The van der Waals surface area contributed by atoms with Crippen LogP contribution in [0.5, 0.6) is 0 Å². The molecule has 0 aliphatic rings. The third kappa shape index (κ3) is 3.45. The molecule has 0 radical (unpaired) electrons. The number of anilines is 1. The van der Waals surface area contributed by atoms with Crippen LogP contribution in [-0.2, 0) is 0 Å². The first-order valence-electron chi connectivity index (χ1n) is 5.84. The van der Waals surface area contributed by atoms with Crippen molar-refractivity contribution < 1.29 is 0 Å². The van der Waals surface area contributed by atoms with Crippen molar-refractivity contribution in [3.8, 4) is 0 Å². The zero-order valence-corrected chi connectivity index (χ0v) is 10.8. The van der Waals surface area contributed by atoms with E-state index in [1.54, 1.807) is 6.08 Å². The molecule has 0 fully saturated rings. The molecular weight excluding hydrogens is 242 g/mol. The van der Waals surface area contributed by atoms with Crippen LogP contribution in [0.1, 0.15) is 11.3 Å². The van der Waals surface area contributed by atoms with E-state index in [2.05, 4.69) is 9.97 Å². The van der Waals surface area contributed by atoms with E-state index in [0.29, 0.717) is 5.69 Å². The van der Waals surface area contributed by atoms with E-state index in [0.717, 1.165) is 11.3 Å². The van der Waals surface area contributed by atoms with Gasteiger partial charge in [0, 0.05) is 31.5 Å². The molecule has 2 aromatic rings. The Morgan fingerprint density at radius 3 is 2.26 bits per heavy atom. The summed E-state index contributed by atoms with van der Waals surface area (Å²) in [7, 11) is 3.96. The van der Waals surface area contributed by atoms with Crippen molar-refractivity contribution >= 4 is 17.8 Å². The average molecular weight is 257 g/mol. The lowest BCUT2D eigenvalue weighted by Crippen LogP contribution is -2.21. The van der Waals surface area contributed by atoms with Gasteiger partial charge in [-0.25, -0.2) is 4.79 Å². The van der Waals surface area contributed by atoms with E-state index >= 15 is 0 Å². The Bertz CT molecular complexity index is 665. The fourth-order valence-electron chi connectivity index (χ4n) is 1.65. The summed E-state index contributed by atoms with van der Waals surface area (Å²) in [5, 5.41) is 0. The SMILES string of the molecule is CN(C)c1ccc(C=Cc2cc(=O)[nH]c(=O)[nH]2)cc1. The highest BCUT2D eigenvalue weighted by Crippen LogP contribution is 2.13. The molecule has 2 rings (SSSR count). The molecule has 0 aliphatic heterocycles. The van der Waals surface area contributed by atoms with Gasteiger partial charge in [0.2, 0.25) is 0 Å². The first-order valence-corrected chi connectivity index (χ1v) is 5.84. The fraction of sp³-hybridized carbons (Fsp3) is 0.143. The summed E-state index contributed by atoms with van der Waals surface area (Å²) < 4.78 is 0. The Labute approximate surface area is 110 Å². The molecule has 5 nitrogen and oxygen atoms in total. The Hall–Kier alpha value is -2.56. The first-order chi connectivity index (χ1) is 9.04. The average Bonchev–Trinajstić information content (AvgIpc) is 2.36. The summed E-state index contributed by atoms with van der Waals surface area (Å²) in [5.74, 6) is 0. The van der Waals surface area contributed by atoms with Crippen molar-refractivity contribution in [2.75, 3.05) is 19.0 Å². The molecule has 1 heterocycles. The molecule has 5 heteroatoms. The number of aromatic amines is 2. The van der Waals surface area contributed by atoms with Gasteiger partial charge in [0.05, 0.1) is 0 Å². The van der Waals surface area contributed by atoms with Crippen molar-refractivity contribution in [1.82, 2.24) is 9.97 Å². The molecule has 2 N–H and O–H groups in total. The zero-order chi connectivity index (χ0) is 13.8. The van der Waals surface area contributed by atoms with E-state index in [-0.39, 0.29) is 0 Å². The van der Waals surface area contributed by atoms with E-state index in [4.69, 9.17) is 0 Å². The van der Waals surface area contributed by atoms with Gasteiger partial charge in [-0.2, -0.15) is 0 Å². The fourth-order valence-corrected chi connectivity index (χ4v) is 1.65. The van der Waals surface area contributed by atoms with Gasteiger partial charge in [-0.05, 0) is 23.8 Å². The highest BCUT2D eigenvalue weighted by atomic mass is 16.2. The predicted molar refractivity (Wildman–Crippen MR) is 77.4 cm³/mol. The van der Waals surface area contributed by atoms with Gasteiger partial charge in [-0.1, -0.05) is 18.2 Å². The minimum absolute atomic E-state index is 0.411. The highest BCUT2D eigenvalue weighted by molar-refractivity contribution is 5.68. The predicted octanol–water partition coefficient (Wildman–Crippen LogP) is 1.30. The maximum Gasteiger partial charge on any atom is 0.326 e. The van der Waals surface area contributed by atoms with Crippen LogP contribution in [0.4, 0.5) is 5.69 Å². The molecule has 0 unspecified atom stereocenters. The largest absolute Gasteiger partial charge is 0.378 e. The van der Waals surface area contributed by atoms with Gasteiger partial charge < -0.3 is 9.88 Å². The molecule has 0 amide bonds. The van der Waals surface area contributed by atoms with Gasteiger partial charge in [0.25, 0.3) is 5.56 Å². The summed E-state index contributed by atoms with van der Waals surface area (Å²) in [6.45, 7) is 0. The lowest BCUT2D eigenvalue weighted by molar-refractivity contribution is 1.03. The topological polar surface area (TPSA) is 69.0 Å². The van der Waals surface area contributed by atoms with Crippen LogP contribution < -0.4 is 16.1 Å². The van der Waals surface area contributed by atoms with Gasteiger partial charge >= 0.3 is 5.69 Å².